The zero-order chi connectivity index (χ0) is 20.8. The van der Waals surface area contributed by atoms with Crippen molar-refractivity contribution in [3.8, 4) is 17.3 Å². The first-order valence-electron chi connectivity index (χ1n) is 9.60. The molecule has 1 unspecified atom stereocenters. The average Bonchev–Trinajstić information content (AvgIpc) is 3.26. The van der Waals surface area contributed by atoms with E-state index < -0.39 is 5.97 Å². The largest absolute Gasteiger partial charge is 0.493 e. The summed E-state index contributed by atoms with van der Waals surface area (Å²) in [5, 5.41) is 6.73. The Hall–Kier alpha value is -3.75. The number of aryl methyl sites for hydroxylation is 1. The van der Waals surface area contributed by atoms with Gasteiger partial charge < -0.3 is 19.3 Å². The molecular weight excluding hydrogens is 388 g/mol. The molecule has 0 saturated carbocycles. The van der Waals surface area contributed by atoms with Crippen molar-refractivity contribution in [2.24, 2.45) is 0 Å². The van der Waals surface area contributed by atoms with Crippen LogP contribution in [-0.2, 0) is 20.7 Å². The molecule has 2 aromatic heterocycles. The molecule has 1 amide bonds. The van der Waals surface area contributed by atoms with E-state index in [1.807, 2.05) is 30.3 Å². The minimum absolute atomic E-state index is 0.0250. The lowest BCUT2D eigenvalue weighted by atomic mass is 10.0. The number of pyridine rings is 1. The summed E-state index contributed by atoms with van der Waals surface area (Å²) in [7, 11) is 0. The molecule has 1 N–H and O–H groups in total. The maximum absolute atomic E-state index is 12.2. The molecule has 1 aliphatic rings. The number of carbonyl (C=O) groups is 2. The van der Waals surface area contributed by atoms with Gasteiger partial charge in [0.15, 0.2) is 6.61 Å². The number of rotatable bonds is 7. The van der Waals surface area contributed by atoms with Crippen molar-refractivity contribution in [2.75, 3.05) is 13.2 Å². The number of hydrogen-bond acceptors (Lipinski definition) is 8. The first-order valence-corrected chi connectivity index (χ1v) is 9.60. The molecule has 1 aliphatic heterocycles. The van der Waals surface area contributed by atoms with Crippen LogP contribution in [0.15, 0.2) is 53.2 Å². The van der Waals surface area contributed by atoms with Gasteiger partial charge in [-0.3, -0.25) is 14.6 Å². The van der Waals surface area contributed by atoms with Gasteiger partial charge in [-0.2, -0.15) is 4.98 Å². The Kier molecular flexibility index (Phi) is 5.98. The lowest BCUT2D eigenvalue weighted by Crippen LogP contribution is -2.35. The third-order valence-electron chi connectivity index (χ3n) is 4.56. The van der Waals surface area contributed by atoms with Crippen LogP contribution in [0.1, 0.15) is 30.3 Å². The SMILES string of the molecule is O=C(COC(=O)CCc1nc(-c2ccccn2)no1)NC1CCOc2ccccc21. The Morgan fingerprint density at radius 1 is 1.17 bits per heavy atom. The molecule has 154 valence electrons. The van der Waals surface area contributed by atoms with E-state index in [0.717, 1.165) is 11.3 Å². The van der Waals surface area contributed by atoms with Gasteiger partial charge in [-0.1, -0.05) is 29.4 Å². The summed E-state index contributed by atoms with van der Waals surface area (Å²) in [5.41, 5.74) is 1.50. The van der Waals surface area contributed by atoms with Crippen molar-refractivity contribution < 1.29 is 23.6 Å². The quantitative estimate of drug-likeness (QED) is 0.592. The number of fused-ring (bicyclic) bond motifs is 1. The normalized spacial score (nSPS) is 15.0. The van der Waals surface area contributed by atoms with Crippen LogP contribution in [0.4, 0.5) is 0 Å². The Morgan fingerprint density at radius 3 is 2.90 bits per heavy atom. The number of hydrogen-bond donors (Lipinski definition) is 1. The number of para-hydroxylation sites is 1. The van der Waals surface area contributed by atoms with Crippen LogP contribution in [-0.4, -0.2) is 40.2 Å². The first-order chi connectivity index (χ1) is 14.7. The van der Waals surface area contributed by atoms with Crippen LogP contribution in [0, 0.1) is 0 Å². The number of nitrogens with zero attached hydrogens (tertiary/aromatic N) is 3. The van der Waals surface area contributed by atoms with Gasteiger partial charge in [0.25, 0.3) is 5.91 Å². The van der Waals surface area contributed by atoms with Gasteiger partial charge in [0, 0.05) is 24.6 Å². The third kappa shape index (κ3) is 4.80. The highest BCUT2D eigenvalue weighted by atomic mass is 16.5. The van der Waals surface area contributed by atoms with E-state index in [2.05, 4.69) is 20.4 Å². The highest BCUT2D eigenvalue weighted by molar-refractivity contribution is 5.81. The van der Waals surface area contributed by atoms with E-state index in [1.54, 1.807) is 18.3 Å². The maximum Gasteiger partial charge on any atom is 0.306 e. The monoisotopic (exact) mass is 408 g/mol. The van der Waals surface area contributed by atoms with E-state index in [4.69, 9.17) is 14.0 Å². The molecule has 9 nitrogen and oxygen atoms in total. The third-order valence-corrected chi connectivity index (χ3v) is 4.56. The Labute approximate surface area is 172 Å². The minimum Gasteiger partial charge on any atom is -0.493 e. The number of aromatic nitrogens is 3. The minimum atomic E-state index is -0.518. The molecule has 1 atom stereocenters. The zero-order valence-electron chi connectivity index (χ0n) is 16.1. The fourth-order valence-corrected chi connectivity index (χ4v) is 3.11. The van der Waals surface area contributed by atoms with Crippen LogP contribution in [0.25, 0.3) is 11.5 Å². The fourth-order valence-electron chi connectivity index (χ4n) is 3.11. The molecule has 3 heterocycles. The van der Waals surface area contributed by atoms with Crippen molar-refractivity contribution in [1.82, 2.24) is 20.4 Å². The van der Waals surface area contributed by atoms with Crippen LogP contribution in [0.5, 0.6) is 5.75 Å². The number of nitrogens with one attached hydrogen (secondary N) is 1. The van der Waals surface area contributed by atoms with Gasteiger partial charge in [0.1, 0.15) is 11.4 Å². The fraction of sp³-hybridized carbons (Fsp3) is 0.286. The predicted molar refractivity (Wildman–Crippen MR) is 104 cm³/mol. The van der Waals surface area contributed by atoms with Crippen LogP contribution >= 0.6 is 0 Å². The Morgan fingerprint density at radius 2 is 2.03 bits per heavy atom. The second-order valence-corrected chi connectivity index (χ2v) is 6.68. The average molecular weight is 408 g/mol. The zero-order valence-corrected chi connectivity index (χ0v) is 16.1. The van der Waals surface area contributed by atoms with Crippen LogP contribution in [0.3, 0.4) is 0 Å². The number of benzene rings is 1. The highest BCUT2D eigenvalue weighted by Gasteiger charge is 2.23. The molecule has 0 radical (unpaired) electrons. The topological polar surface area (TPSA) is 116 Å². The summed E-state index contributed by atoms with van der Waals surface area (Å²) in [6.45, 7) is 0.174. The van der Waals surface area contributed by atoms with Gasteiger partial charge in [-0.05, 0) is 18.2 Å². The summed E-state index contributed by atoms with van der Waals surface area (Å²) in [4.78, 5) is 32.5. The molecule has 30 heavy (non-hydrogen) atoms. The smallest absolute Gasteiger partial charge is 0.306 e. The van der Waals surface area contributed by atoms with Crippen molar-refractivity contribution in [1.29, 1.82) is 0 Å². The van der Waals surface area contributed by atoms with Gasteiger partial charge in [0.2, 0.25) is 11.7 Å². The molecule has 0 saturated heterocycles. The molecule has 0 bridgehead atoms. The van der Waals surface area contributed by atoms with E-state index in [0.29, 0.717) is 30.4 Å². The lowest BCUT2D eigenvalue weighted by Gasteiger charge is -2.26. The van der Waals surface area contributed by atoms with Gasteiger partial charge in [0.05, 0.1) is 19.1 Å². The van der Waals surface area contributed by atoms with Gasteiger partial charge in [-0.25, -0.2) is 0 Å². The lowest BCUT2D eigenvalue weighted by molar-refractivity contribution is -0.148. The van der Waals surface area contributed by atoms with E-state index in [-0.39, 0.29) is 31.4 Å². The summed E-state index contributed by atoms with van der Waals surface area (Å²) in [5.74, 6) is 0.539. The summed E-state index contributed by atoms with van der Waals surface area (Å²) in [6.07, 6.45) is 2.53. The van der Waals surface area contributed by atoms with E-state index in [1.165, 1.54) is 0 Å². The Bertz CT molecular complexity index is 1020. The highest BCUT2D eigenvalue weighted by Crippen LogP contribution is 2.31. The molecule has 9 heteroatoms. The maximum atomic E-state index is 12.2. The molecule has 4 rings (SSSR count). The standard InChI is InChI=1S/C21H20N4O5/c26-18(23-15-10-12-28-17-7-2-1-5-14(15)17)13-29-20(27)9-8-19-24-21(25-30-19)16-6-3-4-11-22-16/h1-7,11,15H,8-10,12-13H2,(H,23,26). The number of amides is 1. The van der Waals surface area contributed by atoms with Crippen molar-refractivity contribution in [3.63, 3.8) is 0 Å². The van der Waals surface area contributed by atoms with E-state index in [9.17, 15) is 9.59 Å². The number of ether oxygens (including phenoxy) is 2. The molecule has 0 spiro atoms. The second-order valence-electron chi connectivity index (χ2n) is 6.68. The number of esters is 1. The van der Waals surface area contributed by atoms with Gasteiger partial charge in [-0.15, -0.1) is 0 Å². The van der Waals surface area contributed by atoms with Crippen molar-refractivity contribution in [2.45, 2.75) is 25.3 Å². The first kappa shape index (κ1) is 19.6. The van der Waals surface area contributed by atoms with E-state index >= 15 is 0 Å². The summed E-state index contributed by atoms with van der Waals surface area (Å²) < 4.78 is 15.8. The Balaban J connectivity index is 1.22. The van der Waals surface area contributed by atoms with Crippen LogP contribution < -0.4 is 10.1 Å². The summed E-state index contributed by atoms with van der Waals surface area (Å²) >= 11 is 0. The van der Waals surface area contributed by atoms with Crippen LogP contribution in [0.2, 0.25) is 0 Å². The number of carbonyl (C=O) groups excluding carboxylic acids is 2. The molecule has 3 aromatic rings. The molecule has 0 fully saturated rings. The summed E-state index contributed by atoms with van der Waals surface area (Å²) in [6, 6.07) is 12.8. The molecule has 0 aliphatic carbocycles. The molecule has 1 aromatic carbocycles. The molecular formula is C21H20N4O5. The van der Waals surface area contributed by atoms with Crippen molar-refractivity contribution in [3.05, 3.63) is 60.1 Å². The van der Waals surface area contributed by atoms with Crippen molar-refractivity contribution >= 4 is 11.9 Å². The van der Waals surface area contributed by atoms with Gasteiger partial charge >= 0.3 is 5.97 Å². The second kappa shape index (κ2) is 9.17. The predicted octanol–water partition coefficient (Wildman–Crippen LogP) is 2.25.